The molecule has 0 aliphatic carbocycles. The van der Waals surface area contributed by atoms with Crippen LogP contribution < -0.4 is 16.4 Å². The molecule has 3 aromatic heterocycles. The number of fused-ring (bicyclic) bond motifs is 1. The molecule has 3 heterocycles. The topological polar surface area (TPSA) is 111 Å². The van der Waals surface area contributed by atoms with Crippen LogP contribution in [-0.4, -0.2) is 32.1 Å². The van der Waals surface area contributed by atoms with E-state index in [4.69, 9.17) is 5.73 Å². The van der Waals surface area contributed by atoms with Gasteiger partial charge in [0.25, 0.3) is 5.91 Å². The molecule has 0 saturated heterocycles. The van der Waals surface area contributed by atoms with Gasteiger partial charge in [-0.15, -0.1) is 0 Å². The summed E-state index contributed by atoms with van der Waals surface area (Å²) in [5, 5.41) is 6.30. The molecule has 0 fully saturated rings. The number of alkyl halides is 3. The summed E-state index contributed by atoms with van der Waals surface area (Å²) in [6.45, 7) is 1.10. The SMILES string of the molecule is CCCn1cc(-c2ccc(CNc3ncc(C(F)(F)CF)cc3C(=O)Nc3ccc(F)cc3)cc2)c2c(N)ncnc21. The average Bonchev–Trinajstić information content (AvgIpc) is 3.37. The van der Waals surface area contributed by atoms with Gasteiger partial charge < -0.3 is 20.9 Å². The predicted molar refractivity (Wildman–Crippen MR) is 153 cm³/mol. The molecule has 5 aromatic rings. The number of anilines is 3. The van der Waals surface area contributed by atoms with Crippen LogP contribution in [-0.2, 0) is 19.0 Å². The van der Waals surface area contributed by atoms with Crippen LogP contribution in [0.25, 0.3) is 22.2 Å². The fourth-order valence-corrected chi connectivity index (χ4v) is 4.55. The van der Waals surface area contributed by atoms with Crippen molar-refractivity contribution >= 4 is 34.3 Å². The molecule has 4 N–H and O–H groups in total. The van der Waals surface area contributed by atoms with Crippen molar-refractivity contribution in [2.75, 3.05) is 23.0 Å². The Labute approximate surface area is 238 Å². The van der Waals surface area contributed by atoms with Crippen molar-refractivity contribution in [3.63, 3.8) is 0 Å². The molecule has 42 heavy (non-hydrogen) atoms. The Balaban J connectivity index is 1.39. The second kappa shape index (κ2) is 11.9. The van der Waals surface area contributed by atoms with E-state index in [1.54, 1.807) is 0 Å². The summed E-state index contributed by atoms with van der Waals surface area (Å²) < 4.78 is 56.5. The molecule has 0 saturated carbocycles. The highest BCUT2D eigenvalue weighted by Crippen LogP contribution is 2.33. The Kier molecular flexibility index (Phi) is 8.05. The van der Waals surface area contributed by atoms with E-state index in [-0.39, 0.29) is 23.6 Å². The first-order valence-electron chi connectivity index (χ1n) is 13.1. The number of hydrogen-bond acceptors (Lipinski definition) is 6. The van der Waals surface area contributed by atoms with Crippen molar-refractivity contribution < 1.29 is 22.4 Å². The number of nitrogen functional groups attached to an aromatic ring is 1. The summed E-state index contributed by atoms with van der Waals surface area (Å²) in [7, 11) is 0. The summed E-state index contributed by atoms with van der Waals surface area (Å²) in [6, 6.07) is 13.4. The number of nitrogens with one attached hydrogen (secondary N) is 2. The highest BCUT2D eigenvalue weighted by atomic mass is 19.3. The van der Waals surface area contributed by atoms with Crippen LogP contribution in [0.1, 0.15) is 34.8 Å². The minimum Gasteiger partial charge on any atom is -0.383 e. The summed E-state index contributed by atoms with van der Waals surface area (Å²) in [5.41, 5.74) is 8.83. The van der Waals surface area contributed by atoms with E-state index in [0.29, 0.717) is 5.82 Å². The second-order valence-corrected chi connectivity index (χ2v) is 9.66. The Morgan fingerprint density at radius 2 is 1.79 bits per heavy atom. The molecule has 2 aromatic carbocycles. The molecule has 0 radical (unpaired) electrons. The Hall–Kier alpha value is -5.00. The first kappa shape index (κ1) is 28.5. The number of carbonyl (C=O) groups excluding carboxylic acids is 1. The first-order valence-corrected chi connectivity index (χ1v) is 13.1. The molecule has 0 aliphatic rings. The zero-order valence-electron chi connectivity index (χ0n) is 22.5. The van der Waals surface area contributed by atoms with Crippen LogP contribution in [0.3, 0.4) is 0 Å². The summed E-state index contributed by atoms with van der Waals surface area (Å²) in [4.78, 5) is 25.6. The standard InChI is InChI=1S/C30H27F4N7O/c1-2-11-41-15-24(25-26(35)38-17-39-28(25)41)19-5-3-18(4-6-19)13-36-27-23(12-20(14-37-27)30(33,34)16-31)29(42)40-22-9-7-21(32)8-10-22/h3-10,12,14-15,17H,2,11,13,16H2,1H3,(H,36,37)(H,40,42)(H2,35,38,39). The van der Waals surface area contributed by atoms with Crippen LogP contribution >= 0.6 is 0 Å². The number of nitrogens with two attached hydrogens (primary N) is 1. The molecule has 0 unspecified atom stereocenters. The lowest BCUT2D eigenvalue weighted by Gasteiger charge is -2.17. The number of hydrogen-bond donors (Lipinski definition) is 3. The number of benzene rings is 2. The van der Waals surface area contributed by atoms with Crippen molar-refractivity contribution in [3.8, 4) is 11.1 Å². The molecule has 216 valence electrons. The van der Waals surface area contributed by atoms with E-state index >= 15 is 0 Å². The lowest BCUT2D eigenvalue weighted by atomic mass is 10.0. The highest BCUT2D eigenvalue weighted by Gasteiger charge is 2.33. The Morgan fingerprint density at radius 3 is 2.48 bits per heavy atom. The van der Waals surface area contributed by atoms with Crippen LogP contribution in [0.5, 0.6) is 0 Å². The van der Waals surface area contributed by atoms with E-state index in [1.807, 2.05) is 35.0 Å². The molecular weight excluding hydrogens is 550 g/mol. The van der Waals surface area contributed by atoms with Gasteiger partial charge in [0.2, 0.25) is 0 Å². The number of carbonyl (C=O) groups is 1. The molecule has 0 spiro atoms. The molecule has 8 nitrogen and oxygen atoms in total. The van der Waals surface area contributed by atoms with Gasteiger partial charge in [0.05, 0.1) is 10.9 Å². The maximum absolute atomic E-state index is 14.1. The van der Waals surface area contributed by atoms with Gasteiger partial charge in [0.15, 0.2) is 6.67 Å². The molecular formula is C30H27F4N7O. The van der Waals surface area contributed by atoms with Crippen LogP contribution in [0.2, 0.25) is 0 Å². The van der Waals surface area contributed by atoms with Crippen molar-refractivity contribution in [3.05, 3.63) is 95.8 Å². The van der Waals surface area contributed by atoms with Crippen molar-refractivity contribution in [2.24, 2.45) is 0 Å². The second-order valence-electron chi connectivity index (χ2n) is 9.66. The van der Waals surface area contributed by atoms with Gasteiger partial charge >= 0.3 is 5.92 Å². The molecule has 0 atom stereocenters. The zero-order chi connectivity index (χ0) is 29.9. The van der Waals surface area contributed by atoms with Gasteiger partial charge in [-0.2, -0.15) is 8.78 Å². The predicted octanol–water partition coefficient (Wildman–Crippen LogP) is 6.55. The number of nitrogens with zero attached hydrogens (tertiary/aromatic N) is 4. The number of rotatable bonds is 10. The average molecular weight is 578 g/mol. The molecule has 12 heteroatoms. The number of pyridine rings is 1. The first-order chi connectivity index (χ1) is 20.2. The lowest BCUT2D eigenvalue weighted by molar-refractivity contribution is -0.0283. The van der Waals surface area contributed by atoms with Crippen LogP contribution in [0, 0.1) is 5.82 Å². The van der Waals surface area contributed by atoms with Gasteiger partial charge in [-0.05, 0) is 47.9 Å². The summed E-state index contributed by atoms with van der Waals surface area (Å²) in [5.74, 6) is -4.69. The highest BCUT2D eigenvalue weighted by molar-refractivity contribution is 6.07. The fourth-order valence-electron chi connectivity index (χ4n) is 4.55. The molecule has 1 amide bonds. The maximum Gasteiger partial charge on any atom is 0.302 e. The van der Waals surface area contributed by atoms with Gasteiger partial charge in [0.1, 0.15) is 29.4 Å². The summed E-state index contributed by atoms with van der Waals surface area (Å²) in [6.07, 6.45) is 5.19. The van der Waals surface area contributed by atoms with E-state index in [1.165, 1.54) is 18.5 Å². The number of halogens is 4. The maximum atomic E-state index is 14.1. The third-order valence-corrected chi connectivity index (χ3v) is 6.70. The number of aromatic nitrogens is 4. The van der Waals surface area contributed by atoms with Crippen LogP contribution in [0.4, 0.5) is 34.9 Å². The summed E-state index contributed by atoms with van der Waals surface area (Å²) >= 11 is 0. The Morgan fingerprint density at radius 1 is 1.05 bits per heavy atom. The monoisotopic (exact) mass is 577 g/mol. The third-order valence-electron chi connectivity index (χ3n) is 6.70. The number of amides is 1. The largest absolute Gasteiger partial charge is 0.383 e. The minimum atomic E-state index is -3.82. The van der Waals surface area contributed by atoms with Crippen molar-refractivity contribution in [2.45, 2.75) is 32.4 Å². The van der Waals surface area contributed by atoms with E-state index in [0.717, 1.165) is 65.1 Å². The molecule has 5 rings (SSSR count). The fraction of sp³-hybridized carbons (Fsp3) is 0.200. The van der Waals surface area contributed by atoms with E-state index < -0.39 is 29.9 Å². The molecule has 0 bridgehead atoms. The normalized spacial score (nSPS) is 11.5. The van der Waals surface area contributed by atoms with Crippen LogP contribution in [0.15, 0.2) is 73.3 Å². The molecule has 0 aliphatic heterocycles. The van der Waals surface area contributed by atoms with Gasteiger partial charge in [-0.3, -0.25) is 4.79 Å². The zero-order valence-corrected chi connectivity index (χ0v) is 22.5. The third kappa shape index (κ3) is 5.87. The quantitative estimate of drug-likeness (QED) is 0.162. The van der Waals surface area contributed by atoms with Gasteiger partial charge in [0, 0.05) is 42.3 Å². The van der Waals surface area contributed by atoms with Gasteiger partial charge in [-0.1, -0.05) is 31.2 Å². The lowest BCUT2D eigenvalue weighted by Crippen LogP contribution is -2.21. The number of aryl methyl sites for hydroxylation is 1. The van der Waals surface area contributed by atoms with Gasteiger partial charge in [-0.25, -0.2) is 23.7 Å². The van der Waals surface area contributed by atoms with E-state index in [2.05, 4.69) is 32.5 Å². The minimum absolute atomic E-state index is 0.0182. The Bertz CT molecular complexity index is 1720. The van der Waals surface area contributed by atoms with Crippen molar-refractivity contribution in [1.29, 1.82) is 0 Å². The smallest absolute Gasteiger partial charge is 0.302 e. The van der Waals surface area contributed by atoms with Crippen molar-refractivity contribution in [1.82, 2.24) is 19.5 Å². The van der Waals surface area contributed by atoms with E-state index in [9.17, 15) is 22.4 Å².